The van der Waals surface area contributed by atoms with Gasteiger partial charge in [-0.1, -0.05) is 29.5 Å². The summed E-state index contributed by atoms with van der Waals surface area (Å²) in [5.41, 5.74) is 1.92. The third-order valence-electron chi connectivity index (χ3n) is 5.84. The van der Waals surface area contributed by atoms with Gasteiger partial charge in [0.2, 0.25) is 0 Å². The zero-order chi connectivity index (χ0) is 28.1. The molecule has 1 aliphatic rings. The number of rotatable bonds is 9. The number of hydrogen-bond donors (Lipinski definition) is 0. The molecule has 0 aliphatic carbocycles. The first kappa shape index (κ1) is 28.6. The van der Waals surface area contributed by atoms with E-state index in [2.05, 4.69) is 32.3 Å². The molecule has 1 aliphatic heterocycles. The second-order valence-corrected chi connectivity index (χ2v) is 10.6. The van der Waals surface area contributed by atoms with Crippen molar-refractivity contribution in [2.24, 2.45) is 4.99 Å². The average molecular weight is 663 g/mol. The quantitative estimate of drug-likeness (QED) is 0.256. The fourth-order valence-corrected chi connectivity index (χ4v) is 5.50. The molecule has 0 spiro atoms. The van der Waals surface area contributed by atoms with E-state index in [0.29, 0.717) is 38.7 Å². The summed E-state index contributed by atoms with van der Waals surface area (Å²) in [5, 5.41) is 0. The van der Waals surface area contributed by atoms with E-state index < -0.39 is 18.0 Å². The summed E-state index contributed by atoms with van der Waals surface area (Å²) in [6.07, 6.45) is 1.82. The van der Waals surface area contributed by atoms with Gasteiger partial charge in [0.15, 0.2) is 22.9 Å². The highest BCUT2D eigenvalue weighted by molar-refractivity contribution is 14.1. The van der Waals surface area contributed by atoms with Crippen molar-refractivity contribution in [2.45, 2.75) is 26.8 Å². The van der Waals surface area contributed by atoms with Crippen LogP contribution in [0.1, 0.15) is 37.9 Å². The highest BCUT2D eigenvalue weighted by atomic mass is 127. The zero-order valence-electron chi connectivity index (χ0n) is 21.9. The number of aromatic nitrogens is 1. The smallest absolute Gasteiger partial charge is 0.343 e. The SMILES string of the molecule is CCOC(=O)C1=C(C)N=c2s/c(=C\c3ccc(I)cc3)c(=O)n2[C@H]1c1ccc(OCC(=O)OC)c(OCC)c1. The van der Waals surface area contributed by atoms with Gasteiger partial charge in [-0.05, 0) is 84.8 Å². The molecule has 11 heteroatoms. The van der Waals surface area contributed by atoms with Crippen LogP contribution in [-0.2, 0) is 19.1 Å². The summed E-state index contributed by atoms with van der Waals surface area (Å²) in [6.45, 7) is 5.47. The van der Waals surface area contributed by atoms with Gasteiger partial charge in [-0.3, -0.25) is 9.36 Å². The number of hydrogen-bond acceptors (Lipinski definition) is 9. The van der Waals surface area contributed by atoms with E-state index in [1.54, 1.807) is 32.0 Å². The Kier molecular flexibility index (Phi) is 9.23. The summed E-state index contributed by atoms with van der Waals surface area (Å²) >= 11 is 3.48. The van der Waals surface area contributed by atoms with Crippen LogP contribution in [0.15, 0.2) is 63.5 Å². The Morgan fingerprint density at radius 1 is 1.08 bits per heavy atom. The lowest BCUT2D eigenvalue weighted by atomic mass is 9.95. The third-order valence-corrected chi connectivity index (χ3v) is 7.54. The standard InChI is InChI=1S/C28H27IN2O7S/c1-5-36-21-14-18(9-12-20(21)38-15-23(32)35-4)25-24(27(34)37-6-2)16(3)30-28-31(25)26(33)22(39-28)13-17-7-10-19(29)11-8-17/h7-14,25H,5-6,15H2,1-4H3/b22-13-/t25-/m0/s1. The van der Waals surface area contributed by atoms with Crippen LogP contribution in [0.3, 0.4) is 0 Å². The minimum Gasteiger partial charge on any atom is -0.490 e. The summed E-state index contributed by atoms with van der Waals surface area (Å²) in [7, 11) is 1.28. The van der Waals surface area contributed by atoms with Crippen LogP contribution in [0.2, 0.25) is 0 Å². The van der Waals surface area contributed by atoms with E-state index in [-0.39, 0.29) is 24.3 Å². The number of methoxy groups -OCH3 is 1. The highest BCUT2D eigenvalue weighted by Gasteiger charge is 2.34. The van der Waals surface area contributed by atoms with Crippen LogP contribution in [0, 0.1) is 3.57 Å². The van der Waals surface area contributed by atoms with Gasteiger partial charge in [-0.25, -0.2) is 14.6 Å². The molecule has 204 valence electrons. The lowest BCUT2D eigenvalue weighted by molar-refractivity contribution is -0.143. The number of esters is 2. The number of ether oxygens (including phenoxy) is 4. The maximum absolute atomic E-state index is 13.8. The summed E-state index contributed by atoms with van der Waals surface area (Å²) in [4.78, 5) is 43.6. The number of allylic oxidation sites excluding steroid dienone is 1. The summed E-state index contributed by atoms with van der Waals surface area (Å²) in [5.74, 6) is -0.405. The second kappa shape index (κ2) is 12.6. The molecule has 4 rings (SSSR count). The maximum Gasteiger partial charge on any atom is 0.343 e. The normalized spacial score (nSPS) is 14.9. The van der Waals surface area contributed by atoms with Crippen molar-refractivity contribution in [2.75, 3.05) is 26.9 Å². The highest BCUT2D eigenvalue weighted by Crippen LogP contribution is 2.36. The van der Waals surface area contributed by atoms with Crippen LogP contribution in [0.4, 0.5) is 0 Å². The predicted octanol–water partition coefficient (Wildman–Crippen LogP) is 3.35. The van der Waals surface area contributed by atoms with E-state index in [0.717, 1.165) is 9.13 Å². The number of halogens is 1. The van der Waals surface area contributed by atoms with Gasteiger partial charge in [-0.15, -0.1) is 0 Å². The summed E-state index contributed by atoms with van der Waals surface area (Å²) < 4.78 is 24.5. The van der Waals surface area contributed by atoms with Gasteiger partial charge < -0.3 is 18.9 Å². The average Bonchev–Trinajstić information content (AvgIpc) is 3.22. The molecule has 0 unspecified atom stereocenters. The Morgan fingerprint density at radius 3 is 2.49 bits per heavy atom. The molecule has 39 heavy (non-hydrogen) atoms. The molecule has 0 fully saturated rings. The van der Waals surface area contributed by atoms with Gasteiger partial charge in [0.1, 0.15) is 0 Å². The largest absolute Gasteiger partial charge is 0.490 e. The molecular weight excluding hydrogens is 635 g/mol. The molecule has 1 aromatic heterocycles. The Bertz CT molecular complexity index is 1610. The molecule has 1 atom stereocenters. The van der Waals surface area contributed by atoms with Gasteiger partial charge >= 0.3 is 11.9 Å². The Morgan fingerprint density at radius 2 is 1.82 bits per heavy atom. The molecule has 2 heterocycles. The predicted molar refractivity (Wildman–Crippen MR) is 155 cm³/mol. The first-order chi connectivity index (χ1) is 18.8. The minimum atomic E-state index is -0.812. The van der Waals surface area contributed by atoms with Crippen molar-refractivity contribution >= 4 is 51.9 Å². The first-order valence-corrected chi connectivity index (χ1v) is 14.1. The Balaban J connectivity index is 1.89. The van der Waals surface area contributed by atoms with Gasteiger partial charge in [0, 0.05) is 3.57 Å². The number of nitrogens with zero attached hydrogens (tertiary/aromatic N) is 2. The lowest BCUT2D eigenvalue weighted by Gasteiger charge is -2.25. The van der Waals surface area contributed by atoms with Crippen molar-refractivity contribution in [3.8, 4) is 11.5 Å². The minimum absolute atomic E-state index is 0.171. The van der Waals surface area contributed by atoms with Crippen molar-refractivity contribution in [1.29, 1.82) is 0 Å². The zero-order valence-corrected chi connectivity index (χ0v) is 24.8. The number of carbonyl (C=O) groups is 2. The van der Waals surface area contributed by atoms with Crippen LogP contribution in [0.25, 0.3) is 6.08 Å². The number of benzene rings is 2. The molecule has 0 saturated carbocycles. The van der Waals surface area contributed by atoms with Crippen LogP contribution in [-0.4, -0.2) is 43.4 Å². The molecule has 3 aromatic rings. The first-order valence-electron chi connectivity index (χ1n) is 12.2. The lowest BCUT2D eigenvalue weighted by Crippen LogP contribution is -2.40. The number of thiazole rings is 1. The number of fused-ring (bicyclic) bond motifs is 1. The van der Waals surface area contributed by atoms with E-state index in [9.17, 15) is 14.4 Å². The Hall–Kier alpha value is -3.45. The fraction of sp³-hybridized carbons (Fsp3) is 0.286. The molecule has 0 amide bonds. The maximum atomic E-state index is 13.8. The van der Waals surface area contributed by atoms with Gasteiger partial charge in [0.25, 0.3) is 5.56 Å². The molecule has 9 nitrogen and oxygen atoms in total. The van der Waals surface area contributed by atoms with E-state index >= 15 is 0 Å². The van der Waals surface area contributed by atoms with E-state index in [1.807, 2.05) is 37.3 Å². The molecule has 0 radical (unpaired) electrons. The van der Waals surface area contributed by atoms with Crippen molar-refractivity contribution < 1.29 is 28.5 Å². The Labute approximate surface area is 242 Å². The topological polar surface area (TPSA) is 105 Å². The van der Waals surface area contributed by atoms with Crippen molar-refractivity contribution in [3.05, 3.63) is 88.1 Å². The summed E-state index contributed by atoms with van der Waals surface area (Å²) in [6, 6.07) is 12.1. The van der Waals surface area contributed by atoms with Crippen LogP contribution >= 0.6 is 33.9 Å². The second-order valence-electron chi connectivity index (χ2n) is 8.36. The molecule has 2 aromatic carbocycles. The van der Waals surface area contributed by atoms with Crippen molar-refractivity contribution in [1.82, 2.24) is 4.57 Å². The van der Waals surface area contributed by atoms with Gasteiger partial charge in [-0.2, -0.15) is 0 Å². The molecule has 0 bridgehead atoms. The molecule has 0 saturated heterocycles. The monoisotopic (exact) mass is 662 g/mol. The van der Waals surface area contributed by atoms with Gasteiger partial charge in [0.05, 0.1) is 42.2 Å². The number of carbonyl (C=O) groups excluding carboxylic acids is 2. The van der Waals surface area contributed by atoms with E-state index in [4.69, 9.17) is 14.2 Å². The van der Waals surface area contributed by atoms with Crippen LogP contribution < -0.4 is 24.4 Å². The third kappa shape index (κ3) is 6.25. The molecular formula is C28H27IN2O7S. The van der Waals surface area contributed by atoms with Crippen molar-refractivity contribution in [3.63, 3.8) is 0 Å². The van der Waals surface area contributed by atoms with E-state index in [1.165, 1.54) is 23.0 Å². The molecule has 0 N–H and O–H groups in total. The van der Waals surface area contributed by atoms with Crippen LogP contribution in [0.5, 0.6) is 11.5 Å². The fourth-order valence-electron chi connectivity index (χ4n) is 4.10.